The third-order valence-corrected chi connectivity index (χ3v) is 5.89. The summed E-state index contributed by atoms with van der Waals surface area (Å²) in [5, 5.41) is 6.61. The minimum absolute atomic E-state index is 0. The van der Waals surface area contributed by atoms with Gasteiger partial charge in [0.15, 0.2) is 0 Å². The molecule has 0 saturated carbocycles. The zero-order valence-corrected chi connectivity index (χ0v) is 19.0. The number of halogens is 2. The van der Waals surface area contributed by atoms with Gasteiger partial charge in [-0.25, -0.2) is 0 Å². The predicted octanol–water partition coefficient (Wildman–Crippen LogP) is 3.71. The molecule has 0 atom stereocenters. The lowest BCUT2D eigenvalue weighted by Gasteiger charge is -2.32. The van der Waals surface area contributed by atoms with Crippen LogP contribution >= 0.6 is 24.8 Å². The van der Waals surface area contributed by atoms with E-state index in [1.807, 2.05) is 6.07 Å². The van der Waals surface area contributed by atoms with E-state index in [2.05, 4.69) is 41.5 Å². The fraction of sp³-hybridized carbons (Fsp3) is 0.682. The average molecular weight is 430 g/mol. The van der Waals surface area contributed by atoms with Crippen LogP contribution in [-0.4, -0.2) is 50.1 Å². The van der Waals surface area contributed by atoms with Gasteiger partial charge in [-0.05, 0) is 99.9 Å². The van der Waals surface area contributed by atoms with Crippen LogP contribution in [0.25, 0.3) is 0 Å². The van der Waals surface area contributed by atoms with E-state index < -0.39 is 0 Å². The van der Waals surface area contributed by atoms with Crippen molar-refractivity contribution in [2.75, 3.05) is 39.3 Å². The van der Waals surface area contributed by atoms with Crippen LogP contribution in [0.5, 0.6) is 0 Å². The molecule has 2 aliphatic heterocycles. The second-order valence-electron chi connectivity index (χ2n) is 8.41. The molecule has 3 rings (SSSR count). The van der Waals surface area contributed by atoms with Crippen molar-refractivity contribution in [2.45, 2.75) is 46.0 Å². The fourth-order valence-electron chi connectivity index (χ4n) is 4.01. The first-order valence-electron chi connectivity index (χ1n) is 10.4. The summed E-state index contributed by atoms with van der Waals surface area (Å²) in [6, 6.07) is 6.24. The third-order valence-electron chi connectivity index (χ3n) is 5.89. The summed E-state index contributed by atoms with van der Waals surface area (Å²) in [5.41, 5.74) is 3.54. The van der Waals surface area contributed by atoms with Gasteiger partial charge in [0.2, 0.25) is 0 Å². The molecule has 0 aromatic heterocycles. The highest BCUT2D eigenvalue weighted by molar-refractivity contribution is 5.94. The van der Waals surface area contributed by atoms with E-state index in [1.165, 1.54) is 50.0 Å². The average Bonchev–Trinajstić information content (AvgIpc) is 2.90. The number of fused-ring (bicyclic) bond motifs is 1. The number of nitrogens with one attached hydrogen (secondary N) is 2. The maximum absolute atomic E-state index is 12.6. The van der Waals surface area contributed by atoms with Gasteiger partial charge in [-0.1, -0.05) is 19.9 Å². The Morgan fingerprint density at radius 1 is 1.14 bits per heavy atom. The van der Waals surface area contributed by atoms with Gasteiger partial charge >= 0.3 is 0 Å². The fourth-order valence-corrected chi connectivity index (χ4v) is 4.01. The first-order chi connectivity index (χ1) is 12.6. The second-order valence-corrected chi connectivity index (χ2v) is 8.41. The molecule has 2 aliphatic rings. The van der Waals surface area contributed by atoms with E-state index in [9.17, 15) is 4.79 Å². The summed E-state index contributed by atoms with van der Waals surface area (Å²) in [4.78, 5) is 15.1. The van der Waals surface area contributed by atoms with Crippen LogP contribution in [0, 0.1) is 11.8 Å². The first-order valence-corrected chi connectivity index (χ1v) is 10.4. The molecule has 0 spiro atoms. The monoisotopic (exact) mass is 429 g/mol. The van der Waals surface area contributed by atoms with E-state index in [0.717, 1.165) is 44.0 Å². The highest BCUT2D eigenvalue weighted by Gasteiger charge is 2.20. The van der Waals surface area contributed by atoms with Gasteiger partial charge in [0.1, 0.15) is 0 Å². The number of carbonyl (C=O) groups is 1. The lowest BCUT2D eigenvalue weighted by atomic mass is 9.96. The number of carbonyl (C=O) groups excluding carboxylic acids is 1. The van der Waals surface area contributed by atoms with E-state index in [0.29, 0.717) is 5.92 Å². The van der Waals surface area contributed by atoms with Crippen molar-refractivity contribution in [2.24, 2.45) is 11.8 Å². The molecule has 1 aromatic rings. The number of piperidine rings is 1. The smallest absolute Gasteiger partial charge is 0.251 e. The summed E-state index contributed by atoms with van der Waals surface area (Å²) in [5.74, 6) is 1.50. The highest BCUT2D eigenvalue weighted by atomic mass is 35.5. The normalized spacial score (nSPS) is 17.8. The number of hydrogen-bond donors (Lipinski definition) is 2. The van der Waals surface area contributed by atoms with Gasteiger partial charge in [-0.15, -0.1) is 24.8 Å². The van der Waals surface area contributed by atoms with Gasteiger partial charge in [0.05, 0.1) is 0 Å². The van der Waals surface area contributed by atoms with Crippen molar-refractivity contribution in [3.63, 3.8) is 0 Å². The lowest BCUT2D eigenvalue weighted by molar-refractivity contribution is 0.0935. The van der Waals surface area contributed by atoms with Crippen molar-refractivity contribution >= 4 is 30.7 Å². The van der Waals surface area contributed by atoms with Crippen LogP contribution in [-0.2, 0) is 12.8 Å². The van der Waals surface area contributed by atoms with E-state index in [4.69, 9.17) is 0 Å². The highest BCUT2D eigenvalue weighted by Crippen LogP contribution is 2.18. The molecule has 2 N–H and O–H groups in total. The van der Waals surface area contributed by atoms with E-state index in [1.54, 1.807) is 0 Å². The van der Waals surface area contributed by atoms with Gasteiger partial charge in [-0.2, -0.15) is 0 Å². The molecule has 160 valence electrons. The lowest BCUT2D eigenvalue weighted by Crippen LogP contribution is -2.39. The molecular formula is C22H37Cl2N3O. The van der Waals surface area contributed by atoms with Crippen LogP contribution in [0.1, 0.15) is 54.6 Å². The Kier molecular flexibility index (Phi) is 11.4. The molecule has 1 amide bonds. The SMILES string of the molecule is CC(C)CCN1CCC(CNC(=O)c2ccc3c(c2)CCNCC3)CC1.Cl.Cl. The summed E-state index contributed by atoms with van der Waals surface area (Å²) < 4.78 is 0. The van der Waals surface area contributed by atoms with Gasteiger partial charge in [0, 0.05) is 12.1 Å². The maximum atomic E-state index is 12.6. The maximum Gasteiger partial charge on any atom is 0.251 e. The quantitative estimate of drug-likeness (QED) is 0.723. The van der Waals surface area contributed by atoms with Crippen LogP contribution in [0.4, 0.5) is 0 Å². The van der Waals surface area contributed by atoms with Crippen molar-refractivity contribution in [1.29, 1.82) is 0 Å². The molecule has 6 heteroatoms. The zero-order chi connectivity index (χ0) is 18.4. The Hall–Kier alpha value is -0.810. The largest absolute Gasteiger partial charge is 0.352 e. The molecule has 1 aromatic carbocycles. The Morgan fingerprint density at radius 2 is 1.82 bits per heavy atom. The second kappa shape index (κ2) is 12.7. The summed E-state index contributed by atoms with van der Waals surface area (Å²) >= 11 is 0. The van der Waals surface area contributed by atoms with Crippen LogP contribution < -0.4 is 10.6 Å². The van der Waals surface area contributed by atoms with Gasteiger partial charge < -0.3 is 15.5 Å². The minimum atomic E-state index is 0. The van der Waals surface area contributed by atoms with Crippen LogP contribution in [0.15, 0.2) is 18.2 Å². The first kappa shape index (κ1) is 25.2. The minimum Gasteiger partial charge on any atom is -0.352 e. The molecule has 2 heterocycles. The van der Waals surface area contributed by atoms with Crippen molar-refractivity contribution in [3.8, 4) is 0 Å². The number of hydrogen-bond acceptors (Lipinski definition) is 3. The zero-order valence-electron chi connectivity index (χ0n) is 17.3. The summed E-state index contributed by atoms with van der Waals surface area (Å²) in [6.07, 6.45) is 5.77. The van der Waals surface area contributed by atoms with Crippen molar-refractivity contribution in [3.05, 3.63) is 34.9 Å². The molecule has 1 saturated heterocycles. The van der Waals surface area contributed by atoms with Gasteiger partial charge in [-0.3, -0.25) is 4.79 Å². The third kappa shape index (κ3) is 7.55. The van der Waals surface area contributed by atoms with E-state index >= 15 is 0 Å². The Labute approximate surface area is 183 Å². The molecule has 1 fully saturated rings. The Bertz CT molecular complexity index is 601. The molecule has 0 bridgehead atoms. The molecule has 0 radical (unpaired) electrons. The summed E-state index contributed by atoms with van der Waals surface area (Å²) in [7, 11) is 0. The number of benzene rings is 1. The number of rotatable bonds is 6. The number of amides is 1. The Morgan fingerprint density at radius 3 is 2.50 bits per heavy atom. The van der Waals surface area contributed by atoms with Crippen molar-refractivity contribution < 1.29 is 4.79 Å². The standard InChI is InChI=1S/C22H35N3O.2ClH/c1-17(2)7-12-25-13-8-18(9-14-25)16-24-22(26)21-4-3-19-5-10-23-11-6-20(19)15-21;;/h3-4,15,17-18,23H,5-14,16H2,1-2H3,(H,24,26);2*1H. The topological polar surface area (TPSA) is 44.4 Å². The molecule has 0 unspecified atom stereocenters. The number of nitrogens with zero attached hydrogens (tertiary/aromatic N) is 1. The molecule has 4 nitrogen and oxygen atoms in total. The molecular weight excluding hydrogens is 393 g/mol. The van der Waals surface area contributed by atoms with Gasteiger partial charge in [0.25, 0.3) is 5.91 Å². The summed E-state index contributed by atoms with van der Waals surface area (Å²) in [6.45, 7) is 11.0. The van der Waals surface area contributed by atoms with Crippen molar-refractivity contribution in [1.82, 2.24) is 15.5 Å². The van der Waals surface area contributed by atoms with Crippen LogP contribution in [0.2, 0.25) is 0 Å². The predicted molar refractivity (Wildman–Crippen MR) is 122 cm³/mol. The molecule has 0 aliphatic carbocycles. The number of likely N-dealkylation sites (tertiary alicyclic amines) is 1. The van der Waals surface area contributed by atoms with E-state index in [-0.39, 0.29) is 30.7 Å². The van der Waals surface area contributed by atoms with Crippen LogP contribution in [0.3, 0.4) is 0 Å². The Balaban J connectivity index is 0.00000196. The molecule has 28 heavy (non-hydrogen) atoms.